The van der Waals surface area contributed by atoms with Crippen molar-refractivity contribution in [2.45, 2.75) is 31.8 Å². The highest BCUT2D eigenvalue weighted by Gasteiger charge is 2.20. The van der Waals surface area contributed by atoms with Crippen LogP contribution in [-0.2, 0) is 13.0 Å². The van der Waals surface area contributed by atoms with Crippen molar-refractivity contribution in [2.24, 2.45) is 0 Å². The van der Waals surface area contributed by atoms with Gasteiger partial charge in [0.15, 0.2) is 0 Å². The summed E-state index contributed by atoms with van der Waals surface area (Å²) in [6.45, 7) is 0.942. The minimum absolute atomic E-state index is 0.115. The molecule has 1 aromatic carbocycles. The maximum Gasteiger partial charge on any atom is 0.146 e. The fourth-order valence-electron chi connectivity index (χ4n) is 2.22. The summed E-state index contributed by atoms with van der Waals surface area (Å²) in [4.78, 5) is 4.24. The lowest BCUT2D eigenvalue weighted by atomic mass is 10.1. The van der Waals surface area contributed by atoms with Gasteiger partial charge in [0.2, 0.25) is 0 Å². The van der Waals surface area contributed by atoms with E-state index >= 15 is 0 Å². The van der Waals surface area contributed by atoms with Gasteiger partial charge in [-0.2, -0.15) is 0 Å². The van der Waals surface area contributed by atoms with Crippen LogP contribution in [0.5, 0.6) is 11.5 Å². The Hall–Kier alpha value is -1.91. The Morgan fingerprint density at radius 3 is 2.90 bits per heavy atom. The fraction of sp³-hybridized carbons (Fsp3) is 0.353. The fourth-order valence-corrected chi connectivity index (χ4v) is 2.22. The second kappa shape index (κ2) is 6.70. The molecule has 0 spiro atoms. The molecule has 1 saturated carbocycles. The molecule has 0 radical (unpaired) electrons. The molecule has 2 aromatic rings. The van der Waals surface area contributed by atoms with Gasteiger partial charge in [0, 0.05) is 25.4 Å². The molecule has 1 fully saturated rings. The van der Waals surface area contributed by atoms with Crippen LogP contribution in [0, 0.1) is 0 Å². The van der Waals surface area contributed by atoms with Crippen molar-refractivity contribution in [2.75, 3.05) is 6.61 Å². The smallest absolute Gasteiger partial charge is 0.146 e. The topological polar surface area (TPSA) is 54.4 Å². The van der Waals surface area contributed by atoms with Gasteiger partial charge >= 0.3 is 0 Å². The third-order valence-electron chi connectivity index (χ3n) is 3.52. The van der Waals surface area contributed by atoms with Crippen LogP contribution in [0.2, 0.25) is 0 Å². The van der Waals surface area contributed by atoms with Gasteiger partial charge in [0.05, 0.1) is 6.20 Å². The number of nitrogens with zero attached hydrogens (tertiary/aromatic N) is 1. The molecule has 1 aliphatic rings. The summed E-state index contributed by atoms with van der Waals surface area (Å²) < 4.78 is 5.92. The molecule has 2 N–H and O–H groups in total. The van der Waals surface area contributed by atoms with Crippen LogP contribution in [0.25, 0.3) is 0 Å². The normalized spacial score (nSPS) is 14.1. The second-order valence-corrected chi connectivity index (χ2v) is 5.37. The summed E-state index contributed by atoms with van der Waals surface area (Å²) in [5, 5.41) is 12.6. The van der Waals surface area contributed by atoms with E-state index in [1.54, 1.807) is 6.20 Å². The predicted molar refractivity (Wildman–Crippen MR) is 81.4 cm³/mol. The summed E-state index contributed by atoms with van der Waals surface area (Å²) >= 11 is 0. The first kappa shape index (κ1) is 14.0. The van der Waals surface area contributed by atoms with Gasteiger partial charge < -0.3 is 15.2 Å². The van der Waals surface area contributed by atoms with Crippen molar-refractivity contribution < 1.29 is 9.84 Å². The van der Waals surface area contributed by atoms with Crippen molar-refractivity contribution in [3.8, 4) is 11.5 Å². The molecule has 3 rings (SSSR count). The van der Waals surface area contributed by atoms with Crippen molar-refractivity contribution in [1.82, 2.24) is 10.3 Å². The number of aliphatic hydroxyl groups is 1. The van der Waals surface area contributed by atoms with Gasteiger partial charge in [-0.3, -0.25) is 4.98 Å². The highest BCUT2D eigenvalue weighted by Crippen LogP contribution is 2.26. The quantitative estimate of drug-likeness (QED) is 0.820. The number of nitrogens with one attached hydrogen (secondary N) is 1. The lowest BCUT2D eigenvalue weighted by Crippen LogP contribution is -2.15. The van der Waals surface area contributed by atoms with Crippen molar-refractivity contribution in [1.29, 1.82) is 0 Å². The zero-order valence-electron chi connectivity index (χ0n) is 12.0. The summed E-state index contributed by atoms with van der Waals surface area (Å²) in [6.07, 6.45) is 6.72. The molecule has 1 heterocycles. The Morgan fingerprint density at radius 1 is 1.24 bits per heavy atom. The van der Waals surface area contributed by atoms with Crippen LogP contribution >= 0.6 is 0 Å². The van der Waals surface area contributed by atoms with E-state index in [0.717, 1.165) is 29.2 Å². The number of aliphatic hydroxyl groups excluding tert-OH is 1. The number of hydrogen-bond donors (Lipinski definition) is 2. The van der Waals surface area contributed by atoms with Gasteiger partial charge in [-0.1, -0.05) is 18.2 Å². The van der Waals surface area contributed by atoms with Gasteiger partial charge in [0.1, 0.15) is 11.5 Å². The molecule has 4 heteroatoms. The minimum Gasteiger partial charge on any atom is -0.455 e. The van der Waals surface area contributed by atoms with Crippen LogP contribution in [0.3, 0.4) is 0 Å². The van der Waals surface area contributed by atoms with Gasteiger partial charge in [-0.25, -0.2) is 0 Å². The highest BCUT2D eigenvalue weighted by atomic mass is 16.5. The summed E-state index contributed by atoms with van der Waals surface area (Å²) in [7, 11) is 0. The Kier molecular flexibility index (Phi) is 4.48. The van der Waals surface area contributed by atoms with E-state index in [1.165, 1.54) is 12.8 Å². The first-order chi connectivity index (χ1) is 10.3. The molecule has 4 nitrogen and oxygen atoms in total. The lowest BCUT2D eigenvalue weighted by Gasteiger charge is -2.11. The highest BCUT2D eigenvalue weighted by molar-refractivity contribution is 5.38. The Labute approximate surface area is 124 Å². The first-order valence-electron chi connectivity index (χ1n) is 7.39. The molecule has 0 aliphatic heterocycles. The minimum atomic E-state index is 0.115. The number of para-hydroxylation sites is 1. The third kappa shape index (κ3) is 4.03. The third-order valence-corrected chi connectivity index (χ3v) is 3.52. The Balaban J connectivity index is 1.70. The molecule has 0 bridgehead atoms. The number of ether oxygens (including phenoxy) is 1. The van der Waals surface area contributed by atoms with E-state index in [9.17, 15) is 0 Å². The summed E-state index contributed by atoms with van der Waals surface area (Å²) in [5.74, 6) is 1.51. The molecule has 0 unspecified atom stereocenters. The van der Waals surface area contributed by atoms with Crippen LogP contribution < -0.4 is 10.1 Å². The van der Waals surface area contributed by atoms with Crippen LogP contribution in [0.4, 0.5) is 0 Å². The van der Waals surface area contributed by atoms with Crippen LogP contribution in [0.15, 0.2) is 42.7 Å². The van der Waals surface area contributed by atoms with E-state index in [0.29, 0.717) is 12.5 Å². The van der Waals surface area contributed by atoms with E-state index < -0.39 is 0 Å². The number of rotatable bonds is 7. The van der Waals surface area contributed by atoms with E-state index in [2.05, 4.69) is 10.3 Å². The largest absolute Gasteiger partial charge is 0.455 e. The maximum absolute atomic E-state index is 9.11. The van der Waals surface area contributed by atoms with E-state index in [-0.39, 0.29) is 6.61 Å². The number of aromatic nitrogens is 1. The molecule has 1 aliphatic carbocycles. The van der Waals surface area contributed by atoms with Crippen molar-refractivity contribution in [3.63, 3.8) is 0 Å². The monoisotopic (exact) mass is 284 g/mol. The van der Waals surface area contributed by atoms with Gasteiger partial charge in [0.25, 0.3) is 0 Å². The average molecular weight is 284 g/mol. The molecular formula is C17H20N2O2. The first-order valence-corrected chi connectivity index (χ1v) is 7.39. The van der Waals surface area contributed by atoms with E-state index in [4.69, 9.17) is 9.84 Å². The maximum atomic E-state index is 9.11. The summed E-state index contributed by atoms with van der Waals surface area (Å²) in [6, 6.07) is 10.5. The number of pyridine rings is 1. The molecule has 0 amide bonds. The summed E-state index contributed by atoms with van der Waals surface area (Å²) in [5.41, 5.74) is 2.13. The van der Waals surface area contributed by atoms with Gasteiger partial charge in [-0.15, -0.1) is 0 Å². The second-order valence-electron chi connectivity index (χ2n) is 5.37. The SMILES string of the molecule is OCCc1ccccc1Oc1cncc(CNC2CC2)c1. The molecule has 0 atom stereocenters. The molecule has 0 saturated heterocycles. The zero-order valence-corrected chi connectivity index (χ0v) is 12.0. The number of hydrogen-bond acceptors (Lipinski definition) is 4. The average Bonchev–Trinajstić information content (AvgIpc) is 3.32. The van der Waals surface area contributed by atoms with Crippen LogP contribution in [0.1, 0.15) is 24.0 Å². The molecule has 1 aromatic heterocycles. The van der Waals surface area contributed by atoms with Crippen molar-refractivity contribution >= 4 is 0 Å². The zero-order chi connectivity index (χ0) is 14.5. The van der Waals surface area contributed by atoms with Crippen molar-refractivity contribution in [3.05, 3.63) is 53.9 Å². The Morgan fingerprint density at radius 2 is 2.10 bits per heavy atom. The van der Waals surface area contributed by atoms with Crippen LogP contribution in [-0.4, -0.2) is 22.7 Å². The molecule has 110 valence electrons. The number of benzene rings is 1. The standard InChI is InChI=1S/C17H20N2O2/c20-8-7-14-3-1-2-4-17(14)21-16-9-13(10-18-12-16)11-19-15-5-6-15/h1-4,9-10,12,15,19-20H,5-8,11H2. The molecule has 21 heavy (non-hydrogen) atoms. The lowest BCUT2D eigenvalue weighted by molar-refractivity contribution is 0.298. The predicted octanol–water partition coefficient (Wildman–Crippen LogP) is 2.66. The molecular weight excluding hydrogens is 264 g/mol. The Bertz CT molecular complexity index is 597. The van der Waals surface area contributed by atoms with Gasteiger partial charge in [-0.05, 0) is 42.5 Å². The van der Waals surface area contributed by atoms with E-state index in [1.807, 2.05) is 36.5 Å².